The minimum Gasteiger partial charge on any atom is -0.493 e. The van der Waals surface area contributed by atoms with Crippen LogP contribution >= 0.6 is 0 Å². The highest BCUT2D eigenvalue weighted by Gasteiger charge is 2.41. The van der Waals surface area contributed by atoms with Gasteiger partial charge < -0.3 is 44.0 Å². The van der Waals surface area contributed by atoms with Gasteiger partial charge in [-0.1, -0.05) is 13.8 Å². The zero-order valence-electron chi connectivity index (χ0n) is 36.8. The Bertz CT molecular complexity index is 3080. The van der Waals surface area contributed by atoms with Gasteiger partial charge in [0.1, 0.15) is 11.4 Å². The minimum atomic E-state index is -3.43. The average Bonchev–Trinajstić information content (AvgIpc) is 4.06. The van der Waals surface area contributed by atoms with Gasteiger partial charge in [-0.3, -0.25) is 33.5 Å². The lowest BCUT2D eigenvalue weighted by Gasteiger charge is -2.22. The molecule has 1 saturated heterocycles. The number of hydrogen-bond acceptors (Lipinski definition) is 11. The highest BCUT2D eigenvalue weighted by Crippen LogP contribution is 2.41. The normalized spacial score (nSPS) is 15.3. The van der Waals surface area contributed by atoms with Crippen molar-refractivity contribution in [3.63, 3.8) is 0 Å². The number of carbonyl (C=O) groups is 5. The molecule has 2 aliphatic rings. The Balaban J connectivity index is 0.837. The van der Waals surface area contributed by atoms with Crippen LogP contribution < -0.4 is 25.4 Å². The maximum absolute atomic E-state index is 13.6. The molecule has 2 aliphatic heterocycles. The highest BCUT2D eigenvalue weighted by molar-refractivity contribution is 7.90. The van der Waals surface area contributed by atoms with Gasteiger partial charge in [0.05, 0.1) is 52.8 Å². The lowest BCUT2D eigenvalue weighted by atomic mass is 9.91. The van der Waals surface area contributed by atoms with E-state index in [-0.39, 0.29) is 70.1 Å². The van der Waals surface area contributed by atoms with Gasteiger partial charge in [-0.05, 0) is 60.7 Å². The molecule has 0 radical (unpaired) electrons. The molecule has 3 N–H and O–H groups in total. The Morgan fingerprint density at radius 3 is 2.29 bits per heavy atom. The fraction of sp³-hybridized carbons (Fsp3) is 0.311. The smallest absolute Gasteiger partial charge is 0.291 e. The highest BCUT2D eigenvalue weighted by atomic mass is 32.2. The minimum absolute atomic E-state index is 0.0000112. The molecule has 2 aromatic carbocycles. The first-order valence-electron chi connectivity index (χ1n) is 20.6. The first-order chi connectivity index (χ1) is 30.8. The Morgan fingerprint density at radius 1 is 0.862 bits per heavy atom. The molecular formula is C45H48N10O9S. The van der Waals surface area contributed by atoms with Crippen LogP contribution in [0, 0.1) is 5.41 Å². The van der Waals surface area contributed by atoms with Crippen molar-refractivity contribution in [1.29, 1.82) is 0 Å². The second-order valence-corrected chi connectivity index (χ2v) is 19.1. The predicted molar refractivity (Wildman–Crippen MR) is 242 cm³/mol. The van der Waals surface area contributed by atoms with Gasteiger partial charge >= 0.3 is 0 Å². The third kappa shape index (κ3) is 9.01. The van der Waals surface area contributed by atoms with Crippen LogP contribution in [0.15, 0.2) is 83.2 Å². The monoisotopic (exact) mass is 904 g/mol. The van der Waals surface area contributed by atoms with E-state index >= 15 is 0 Å². The van der Waals surface area contributed by atoms with Crippen LogP contribution in [0.1, 0.15) is 75.1 Å². The van der Waals surface area contributed by atoms with E-state index in [0.29, 0.717) is 58.0 Å². The van der Waals surface area contributed by atoms with Crippen molar-refractivity contribution in [1.82, 2.24) is 28.2 Å². The molecule has 4 aromatic heterocycles. The number of nitrogens with one attached hydrogen (secondary N) is 3. The summed E-state index contributed by atoms with van der Waals surface area (Å²) in [5.74, 6) is -0.951. The first kappa shape index (κ1) is 44.1. The fourth-order valence-electron chi connectivity index (χ4n) is 8.19. The van der Waals surface area contributed by atoms with Crippen LogP contribution in [0.2, 0.25) is 0 Å². The van der Waals surface area contributed by atoms with Gasteiger partial charge in [0.2, 0.25) is 11.7 Å². The topological polar surface area (TPSA) is 222 Å². The Labute approximate surface area is 373 Å². The Hall–Kier alpha value is -7.48. The quantitative estimate of drug-likeness (QED) is 0.125. The molecule has 6 aromatic rings. The second kappa shape index (κ2) is 16.9. The van der Waals surface area contributed by atoms with Crippen LogP contribution in [0.4, 0.5) is 22.9 Å². The maximum Gasteiger partial charge on any atom is 0.291 e. The summed E-state index contributed by atoms with van der Waals surface area (Å²) in [6.07, 6.45) is 10.4. The number of anilines is 3. The lowest BCUT2D eigenvalue weighted by molar-refractivity contribution is -0.116. The van der Waals surface area contributed by atoms with Crippen molar-refractivity contribution in [2.24, 2.45) is 31.6 Å². The van der Waals surface area contributed by atoms with E-state index in [1.807, 2.05) is 11.1 Å². The number of imidazole rings is 1. The number of rotatable bonds is 13. The standard InChI is InChI=1S/C45H48N10O9S/c1-45(2)20-29-21-46-32-19-37(36(63-6)18-31(32)43(59)55(29)25-45)64-14-8-9-39(56)49-38-24-53(5)40(50-38)42(58)48-27-16-34(51(3)22-27)41(57)47-28-17-35(52(4)23-28)44(60)54-13-12-26-15-30(65(7,61)62)10-11-33(26)54/h10-13,15-19,21-24,29H,8-9,14,20,25H2,1-7H3,(H,47,57)(H,48,58)(H,49,56)/t29-/m0/s1. The number of ether oxygens (including phenoxy) is 2. The molecule has 0 unspecified atom stereocenters. The molecule has 0 bridgehead atoms. The molecule has 1 fully saturated rings. The lowest BCUT2D eigenvalue weighted by Crippen LogP contribution is -2.36. The van der Waals surface area contributed by atoms with Gasteiger partial charge in [0.25, 0.3) is 23.6 Å². The van der Waals surface area contributed by atoms with Gasteiger partial charge in [-0.25, -0.2) is 13.4 Å². The van der Waals surface area contributed by atoms with E-state index in [1.165, 1.54) is 51.3 Å². The van der Waals surface area contributed by atoms with Crippen LogP contribution in [0.5, 0.6) is 11.5 Å². The molecule has 19 nitrogen and oxygen atoms in total. The van der Waals surface area contributed by atoms with E-state index in [4.69, 9.17) is 9.47 Å². The van der Waals surface area contributed by atoms with Crippen LogP contribution in [0.3, 0.4) is 0 Å². The first-order valence-corrected chi connectivity index (χ1v) is 22.5. The summed E-state index contributed by atoms with van der Waals surface area (Å²) in [5.41, 5.74) is 2.60. The average molecular weight is 905 g/mol. The molecule has 0 aliphatic carbocycles. The molecule has 6 heterocycles. The number of aliphatic imine (C=N–C) groups is 1. The number of hydrogen-bond donors (Lipinski definition) is 3. The molecule has 4 amide bonds. The molecular weight excluding hydrogens is 857 g/mol. The van der Waals surface area contributed by atoms with E-state index in [2.05, 4.69) is 39.8 Å². The fourth-order valence-corrected chi connectivity index (χ4v) is 8.85. The number of aromatic nitrogens is 5. The number of carbonyl (C=O) groups excluding carboxylic acids is 5. The maximum atomic E-state index is 13.6. The summed E-state index contributed by atoms with van der Waals surface area (Å²) in [6, 6.07) is 12.5. The molecule has 8 rings (SSSR count). The summed E-state index contributed by atoms with van der Waals surface area (Å²) < 4.78 is 41.5. The van der Waals surface area contributed by atoms with E-state index in [9.17, 15) is 32.4 Å². The van der Waals surface area contributed by atoms with Gasteiger partial charge in [-0.15, -0.1) is 0 Å². The summed E-state index contributed by atoms with van der Waals surface area (Å²) in [7, 11) is 2.98. The number of methoxy groups -OCH3 is 1. The third-order valence-electron chi connectivity index (χ3n) is 11.4. The second-order valence-electron chi connectivity index (χ2n) is 17.1. The van der Waals surface area contributed by atoms with E-state index < -0.39 is 21.7 Å². The summed E-state index contributed by atoms with van der Waals surface area (Å²) in [4.78, 5) is 77.5. The van der Waals surface area contributed by atoms with Crippen molar-refractivity contribution < 1.29 is 41.9 Å². The van der Waals surface area contributed by atoms with Gasteiger partial charge in [0, 0.05) is 82.8 Å². The number of benzene rings is 2. The van der Waals surface area contributed by atoms with Gasteiger partial charge in [-0.2, -0.15) is 0 Å². The van der Waals surface area contributed by atoms with Crippen molar-refractivity contribution in [3.8, 4) is 11.5 Å². The molecule has 0 saturated carbocycles. The van der Waals surface area contributed by atoms with E-state index in [0.717, 1.165) is 12.7 Å². The van der Waals surface area contributed by atoms with E-state index in [1.54, 1.807) is 68.6 Å². The third-order valence-corrected chi connectivity index (χ3v) is 12.5. The molecule has 1 atom stereocenters. The Morgan fingerprint density at radius 2 is 1.57 bits per heavy atom. The molecule has 338 valence electrons. The molecule has 65 heavy (non-hydrogen) atoms. The zero-order chi connectivity index (χ0) is 46.5. The number of sulfone groups is 1. The SMILES string of the molecule is COc1cc2c(cc1OCCCC(=O)Nc1cn(C)c(C(=O)Nc3cc(C(=O)Nc4cc(C(=O)n5ccc6cc(S(C)(=O)=O)ccc65)n(C)c4)n(C)c3)n1)N=C[C@@H]1CC(C)(C)CN1C2=O. The Kier molecular flexibility index (Phi) is 11.5. The zero-order valence-corrected chi connectivity index (χ0v) is 37.6. The molecule has 20 heteroatoms. The largest absolute Gasteiger partial charge is 0.493 e. The van der Waals surface area contributed by atoms with Crippen LogP contribution in [-0.2, 0) is 35.8 Å². The number of nitrogens with zero attached hydrogens (tertiary/aromatic N) is 7. The van der Waals surface area contributed by atoms with Crippen molar-refractivity contribution in [2.75, 3.05) is 42.5 Å². The summed E-state index contributed by atoms with van der Waals surface area (Å²) in [5, 5.41) is 8.84. The summed E-state index contributed by atoms with van der Waals surface area (Å²) >= 11 is 0. The van der Waals surface area contributed by atoms with Crippen LogP contribution in [0.25, 0.3) is 10.9 Å². The van der Waals surface area contributed by atoms with Gasteiger partial charge in [0.15, 0.2) is 27.2 Å². The predicted octanol–water partition coefficient (Wildman–Crippen LogP) is 5.41. The van der Waals surface area contributed by atoms with Crippen molar-refractivity contribution in [3.05, 3.63) is 96.1 Å². The number of aryl methyl sites for hydroxylation is 3. The summed E-state index contributed by atoms with van der Waals surface area (Å²) in [6.45, 7) is 5.08. The van der Waals surface area contributed by atoms with Crippen LogP contribution in [-0.4, -0.2) is 105 Å². The number of fused-ring (bicyclic) bond motifs is 3. The van der Waals surface area contributed by atoms with Crippen molar-refractivity contribution in [2.45, 2.75) is 44.0 Å². The number of amides is 4. The van der Waals surface area contributed by atoms with Crippen molar-refractivity contribution >= 4 is 79.4 Å². The molecule has 0 spiro atoms.